The van der Waals surface area contributed by atoms with E-state index in [9.17, 15) is 13.2 Å². The van der Waals surface area contributed by atoms with Crippen molar-refractivity contribution < 1.29 is 17.9 Å². The van der Waals surface area contributed by atoms with Crippen LogP contribution in [0.25, 0.3) is 0 Å². The average molecular weight is 354 g/mol. The third-order valence-electron chi connectivity index (χ3n) is 4.33. The van der Waals surface area contributed by atoms with E-state index in [1.807, 2.05) is 20.8 Å². The molecular weight excluding hydrogens is 328 g/mol. The lowest BCUT2D eigenvalue weighted by Gasteiger charge is -2.44. The molecule has 0 saturated carbocycles. The Balaban J connectivity index is 2.44. The van der Waals surface area contributed by atoms with Gasteiger partial charge in [-0.1, -0.05) is 6.07 Å². The molecule has 1 aliphatic rings. The minimum absolute atomic E-state index is 0.0441. The maximum absolute atomic E-state index is 13.0. The quantitative estimate of drug-likeness (QED) is 0.831. The molecule has 1 atom stereocenters. The fraction of sp³-hybridized carbons (Fsp3) is 0.588. The highest BCUT2D eigenvalue weighted by molar-refractivity contribution is 7.89. The van der Waals surface area contributed by atoms with Gasteiger partial charge in [0, 0.05) is 26.2 Å². The van der Waals surface area contributed by atoms with Crippen molar-refractivity contribution in [2.75, 3.05) is 27.2 Å². The number of morpholine rings is 1. The Kier molecular flexibility index (Phi) is 5.09. The number of ether oxygens (including phenoxy) is 1. The molecule has 1 amide bonds. The van der Waals surface area contributed by atoms with Crippen LogP contribution in [0.5, 0.6) is 0 Å². The second-order valence-corrected chi connectivity index (χ2v) is 9.24. The van der Waals surface area contributed by atoms with E-state index in [-0.39, 0.29) is 16.9 Å². The van der Waals surface area contributed by atoms with Crippen molar-refractivity contribution in [2.45, 2.75) is 44.2 Å². The van der Waals surface area contributed by atoms with E-state index in [0.29, 0.717) is 24.3 Å². The summed E-state index contributed by atoms with van der Waals surface area (Å²) in [5.74, 6) is -0.176. The number of benzene rings is 1. The number of sulfonamides is 1. The van der Waals surface area contributed by atoms with Crippen LogP contribution >= 0.6 is 0 Å². The van der Waals surface area contributed by atoms with Crippen molar-refractivity contribution in [3.8, 4) is 0 Å². The molecule has 1 fully saturated rings. The molecule has 1 heterocycles. The molecule has 24 heavy (non-hydrogen) atoms. The Morgan fingerprint density at radius 3 is 2.54 bits per heavy atom. The van der Waals surface area contributed by atoms with Crippen molar-refractivity contribution >= 4 is 15.9 Å². The third-order valence-corrected chi connectivity index (χ3v) is 6.29. The highest BCUT2D eigenvalue weighted by Crippen LogP contribution is 2.26. The fourth-order valence-electron chi connectivity index (χ4n) is 2.70. The largest absolute Gasteiger partial charge is 0.374 e. The first-order valence-electron chi connectivity index (χ1n) is 7.93. The van der Waals surface area contributed by atoms with Gasteiger partial charge in [-0.2, -0.15) is 0 Å². The minimum Gasteiger partial charge on any atom is -0.374 e. The van der Waals surface area contributed by atoms with Gasteiger partial charge in [0.2, 0.25) is 10.0 Å². The van der Waals surface area contributed by atoms with Gasteiger partial charge < -0.3 is 9.64 Å². The smallest absolute Gasteiger partial charge is 0.254 e. The second-order valence-electron chi connectivity index (χ2n) is 7.12. The maximum Gasteiger partial charge on any atom is 0.254 e. The Labute approximate surface area is 144 Å². The Hall–Kier alpha value is -1.44. The van der Waals surface area contributed by atoms with E-state index in [1.54, 1.807) is 24.0 Å². The van der Waals surface area contributed by atoms with Crippen LogP contribution in [0, 0.1) is 6.92 Å². The molecule has 2 rings (SSSR count). The molecule has 0 bridgehead atoms. The highest BCUT2D eigenvalue weighted by atomic mass is 32.2. The first kappa shape index (κ1) is 18.9. The average Bonchev–Trinajstić information content (AvgIpc) is 2.49. The summed E-state index contributed by atoms with van der Waals surface area (Å²) < 4.78 is 31.7. The zero-order valence-corrected chi connectivity index (χ0v) is 16.0. The standard InChI is InChI=1S/C17H26N2O4S/c1-12-7-8-14(9-15(12)24(21,22)18(5)6)16(20)19-10-13(2)23-11-17(19,3)4/h7-9,13H,10-11H2,1-6H3. The third kappa shape index (κ3) is 3.48. The van der Waals surface area contributed by atoms with Gasteiger partial charge in [0.15, 0.2) is 0 Å². The number of hydrogen-bond acceptors (Lipinski definition) is 4. The van der Waals surface area contributed by atoms with Crippen LogP contribution in [0.4, 0.5) is 0 Å². The summed E-state index contributed by atoms with van der Waals surface area (Å²) in [6.45, 7) is 8.48. The molecule has 0 spiro atoms. The lowest BCUT2D eigenvalue weighted by Crippen LogP contribution is -2.57. The molecule has 1 aromatic rings. The van der Waals surface area contributed by atoms with Crippen molar-refractivity contribution in [3.05, 3.63) is 29.3 Å². The first-order valence-corrected chi connectivity index (χ1v) is 9.37. The summed E-state index contributed by atoms with van der Waals surface area (Å²) in [6.07, 6.45) is -0.0441. The molecule has 0 radical (unpaired) electrons. The van der Waals surface area contributed by atoms with Gasteiger partial charge in [-0.15, -0.1) is 0 Å². The van der Waals surface area contributed by atoms with Gasteiger partial charge in [-0.25, -0.2) is 12.7 Å². The number of aryl methyl sites for hydroxylation is 1. The van der Waals surface area contributed by atoms with Gasteiger partial charge in [0.1, 0.15) is 0 Å². The summed E-state index contributed by atoms with van der Waals surface area (Å²) in [7, 11) is -0.632. The monoisotopic (exact) mass is 354 g/mol. The van der Waals surface area contributed by atoms with Gasteiger partial charge in [-0.05, 0) is 45.4 Å². The number of rotatable bonds is 3. The van der Waals surface area contributed by atoms with Crippen molar-refractivity contribution in [1.82, 2.24) is 9.21 Å². The summed E-state index contributed by atoms with van der Waals surface area (Å²) in [5, 5.41) is 0. The lowest BCUT2D eigenvalue weighted by atomic mass is 9.99. The predicted molar refractivity (Wildman–Crippen MR) is 92.6 cm³/mol. The molecule has 1 aromatic carbocycles. The van der Waals surface area contributed by atoms with Crippen LogP contribution in [-0.2, 0) is 14.8 Å². The van der Waals surface area contributed by atoms with Gasteiger partial charge in [0.25, 0.3) is 5.91 Å². The van der Waals surface area contributed by atoms with Gasteiger partial charge in [-0.3, -0.25) is 4.79 Å². The number of amides is 1. The predicted octanol–water partition coefficient (Wildman–Crippen LogP) is 1.88. The number of carbonyl (C=O) groups is 1. The number of nitrogens with zero attached hydrogens (tertiary/aromatic N) is 2. The number of carbonyl (C=O) groups excluding carboxylic acids is 1. The van der Waals surface area contributed by atoms with Crippen LogP contribution in [0.15, 0.2) is 23.1 Å². The van der Waals surface area contributed by atoms with Crippen molar-refractivity contribution in [3.63, 3.8) is 0 Å². The zero-order chi connectivity index (χ0) is 18.3. The molecule has 7 heteroatoms. The maximum atomic E-state index is 13.0. The molecular formula is C17H26N2O4S. The van der Waals surface area contributed by atoms with Gasteiger partial charge in [0.05, 0.1) is 23.1 Å². The normalized spacial score (nSPS) is 21.1. The minimum atomic E-state index is -3.60. The van der Waals surface area contributed by atoms with Crippen LogP contribution in [-0.4, -0.2) is 62.4 Å². The van der Waals surface area contributed by atoms with Crippen LogP contribution in [0.1, 0.15) is 36.7 Å². The van der Waals surface area contributed by atoms with Crippen molar-refractivity contribution in [2.24, 2.45) is 0 Å². The Morgan fingerprint density at radius 2 is 1.96 bits per heavy atom. The number of hydrogen-bond donors (Lipinski definition) is 0. The summed E-state index contributed by atoms with van der Waals surface area (Å²) in [6, 6.07) is 4.84. The Morgan fingerprint density at radius 1 is 1.33 bits per heavy atom. The molecule has 1 aliphatic heterocycles. The van der Waals surface area contributed by atoms with E-state index in [0.717, 1.165) is 4.31 Å². The van der Waals surface area contributed by atoms with E-state index in [1.165, 1.54) is 20.2 Å². The SMILES string of the molecule is Cc1ccc(C(=O)N2CC(C)OCC2(C)C)cc1S(=O)(=O)N(C)C. The molecule has 0 aromatic heterocycles. The molecule has 0 aliphatic carbocycles. The molecule has 6 nitrogen and oxygen atoms in total. The summed E-state index contributed by atoms with van der Waals surface area (Å²) in [5.41, 5.74) is 0.563. The van der Waals surface area contributed by atoms with Gasteiger partial charge >= 0.3 is 0 Å². The van der Waals surface area contributed by atoms with E-state index in [2.05, 4.69) is 0 Å². The van der Waals surface area contributed by atoms with E-state index in [4.69, 9.17) is 4.74 Å². The van der Waals surface area contributed by atoms with Crippen LogP contribution in [0.2, 0.25) is 0 Å². The van der Waals surface area contributed by atoms with E-state index >= 15 is 0 Å². The molecule has 134 valence electrons. The zero-order valence-electron chi connectivity index (χ0n) is 15.2. The van der Waals surface area contributed by atoms with Crippen molar-refractivity contribution in [1.29, 1.82) is 0 Å². The lowest BCUT2D eigenvalue weighted by molar-refractivity contribution is -0.0756. The second kappa shape index (κ2) is 6.46. The summed E-state index contributed by atoms with van der Waals surface area (Å²) >= 11 is 0. The molecule has 1 unspecified atom stereocenters. The fourth-order valence-corrected chi connectivity index (χ4v) is 3.85. The van der Waals surface area contributed by atoms with Crippen LogP contribution < -0.4 is 0 Å². The summed E-state index contributed by atoms with van der Waals surface area (Å²) in [4.78, 5) is 14.9. The Bertz CT molecular complexity index is 741. The van der Waals surface area contributed by atoms with Crippen LogP contribution in [0.3, 0.4) is 0 Å². The topological polar surface area (TPSA) is 66.9 Å². The molecule has 0 N–H and O–H groups in total. The highest BCUT2D eigenvalue weighted by Gasteiger charge is 2.37. The first-order chi connectivity index (χ1) is 11.0. The van der Waals surface area contributed by atoms with E-state index < -0.39 is 15.6 Å². The molecule has 1 saturated heterocycles.